The van der Waals surface area contributed by atoms with Gasteiger partial charge >= 0.3 is 0 Å². The third-order valence-corrected chi connectivity index (χ3v) is 2.73. The van der Waals surface area contributed by atoms with E-state index in [2.05, 4.69) is 32.1 Å². The minimum atomic E-state index is 0.707. The summed E-state index contributed by atoms with van der Waals surface area (Å²) in [7, 11) is 0. The van der Waals surface area contributed by atoms with Gasteiger partial charge in [-0.25, -0.2) is 9.97 Å². The van der Waals surface area contributed by atoms with Crippen molar-refractivity contribution in [2.45, 2.75) is 18.8 Å². The molecule has 2 heterocycles. The van der Waals surface area contributed by atoms with Gasteiger partial charge in [-0.05, 0) is 28.8 Å². The summed E-state index contributed by atoms with van der Waals surface area (Å²) in [5.74, 6) is 0.707. The molecule has 1 saturated carbocycles. The van der Waals surface area contributed by atoms with Gasteiger partial charge < -0.3 is 4.40 Å². The van der Waals surface area contributed by atoms with Crippen LogP contribution < -0.4 is 0 Å². The minimum Gasteiger partial charge on any atom is -0.303 e. The van der Waals surface area contributed by atoms with E-state index in [-0.39, 0.29) is 0 Å². The van der Waals surface area contributed by atoms with E-state index in [1.54, 1.807) is 6.20 Å². The molecule has 0 spiro atoms. The Balaban J connectivity index is 2.20. The van der Waals surface area contributed by atoms with Crippen molar-refractivity contribution in [2.75, 3.05) is 0 Å². The highest BCUT2D eigenvalue weighted by Crippen LogP contribution is 2.39. The lowest BCUT2D eigenvalue weighted by atomic mass is 10.3. The molecule has 0 radical (unpaired) electrons. The van der Waals surface area contributed by atoms with Gasteiger partial charge in [0.2, 0.25) is 0 Å². The number of rotatable bonds is 1. The summed E-state index contributed by atoms with van der Waals surface area (Å²) < 4.78 is 2.87. The predicted molar refractivity (Wildman–Crippen MR) is 52.7 cm³/mol. The number of halogens is 1. The zero-order chi connectivity index (χ0) is 8.84. The first-order chi connectivity index (χ1) is 6.33. The molecule has 0 N–H and O–H groups in total. The first kappa shape index (κ1) is 7.50. The first-order valence-electron chi connectivity index (χ1n) is 4.33. The predicted octanol–water partition coefficient (Wildman–Crippen LogP) is 2.37. The van der Waals surface area contributed by atoms with Gasteiger partial charge in [-0.1, -0.05) is 0 Å². The van der Waals surface area contributed by atoms with Gasteiger partial charge in [0, 0.05) is 18.3 Å². The van der Waals surface area contributed by atoms with Crippen molar-refractivity contribution in [1.82, 2.24) is 14.4 Å². The van der Waals surface area contributed by atoms with Crippen LogP contribution in [0.2, 0.25) is 0 Å². The van der Waals surface area contributed by atoms with E-state index in [0.29, 0.717) is 5.92 Å². The summed E-state index contributed by atoms with van der Waals surface area (Å²) in [4.78, 5) is 8.63. The largest absolute Gasteiger partial charge is 0.303 e. The molecule has 2 aromatic heterocycles. The van der Waals surface area contributed by atoms with Gasteiger partial charge in [0.25, 0.3) is 0 Å². The molecule has 3 rings (SSSR count). The molecule has 3 nitrogen and oxygen atoms in total. The lowest BCUT2D eigenvalue weighted by molar-refractivity contribution is 1.05. The lowest BCUT2D eigenvalue weighted by Crippen LogP contribution is -1.84. The van der Waals surface area contributed by atoms with Crippen LogP contribution in [-0.4, -0.2) is 14.4 Å². The van der Waals surface area contributed by atoms with E-state index in [0.717, 1.165) is 10.3 Å². The Morgan fingerprint density at radius 2 is 2.23 bits per heavy atom. The fourth-order valence-corrected chi connectivity index (χ4v) is 1.79. The molecule has 2 aromatic rings. The number of imidazole rings is 1. The van der Waals surface area contributed by atoms with E-state index in [4.69, 9.17) is 0 Å². The molecule has 0 unspecified atom stereocenters. The summed E-state index contributed by atoms with van der Waals surface area (Å²) >= 11 is 3.33. The maximum absolute atomic E-state index is 4.50. The molecule has 1 aliphatic rings. The Morgan fingerprint density at radius 1 is 1.38 bits per heavy atom. The number of aromatic nitrogens is 3. The van der Waals surface area contributed by atoms with E-state index in [1.165, 1.54) is 18.5 Å². The van der Waals surface area contributed by atoms with E-state index >= 15 is 0 Å². The standard InChI is InChI=1S/C9H8BrN3/c10-8-5-13-4-7(6-1-2-6)12-9(13)3-11-8/h3-6H,1-2H2. The van der Waals surface area contributed by atoms with Gasteiger partial charge in [0.15, 0.2) is 5.65 Å². The van der Waals surface area contributed by atoms with Crippen LogP contribution in [0.3, 0.4) is 0 Å². The second-order valence-corrected chi connectivity index (χ2v) is 4.23. The van der Waals surface area contributed by atoms with Crippen LogP contribution in [0.15, 0.2) is 23.2 Å². The molecule has 66 valence electrons. The molecule has 1 fully saturated rings. The summed E-state index contributed by atoms with van der Waals surface area (Å²) in [5.41, 5.74) is 2.14. The van der Waals surface area contributed by atoms with Crippen LogP contribution in [0.1, 0.15) is 24.5 Å². The minimum absolute atomic E-state index is 0.707. The van der Waals surface area contributed by atoms with Crippen molar-refractivity contribution in [1.29, 1.82) is 0 Å². The highest BCUT2D eigenvalue weighted by atomic mass is 79.9. The van der Waals surface area contributed by atoms with Crippen molar-refractivity contribution in [3.63, 3.8) is 0 Å². The number of hydrogen-bond donors (Lipinski definition) is 0. The number of nitrogens with zero attached hydrogens (tertiary/aromatic N) is 3. The summed E-state index contributed by atoms with van der Waals surface area (Å²) in [6.45, 7) is 0. The van der Waals surface area contributed by atoms with E-state index < -0.39 is 0 Å². The average Bonchev–Trinajstić information content (AvgIpc) is 2.87. The Kier molecular flexibility index (Phi) is 1.47. The molecule has 0 atom stereocenters. The lowest BCUT2D eigenvalue weighted by Gasteiger charge is -1.90. The van der Waals surface area contributed by atoms with Crippen LogP contribution in [0.5, 0.6) is 0 Å². The fourth-order valence-electron chi connectivity index (χ4n) is 1.47. The zero-order valence-electron chi connectivity index (χ0n) is 6.94. The molecule has 1 aliphatic carbocycles. The van der Waals surface area contributed by atoms with Gasteiger partial charge in [-0.15, -0.1) is 0 Å². The Morgan fingerprint density at radius 3 is 3.00 bits per heavy atom. The molecule has 0 aliphatic heterocycles. The van der Waals surface area contributed by atoms with Gasteiger partial charge in [0.1, 0.15) is 4.60 Å². The summed E-state index contributed by atoms with van der Waals surface area (Å²) in [5, 5.41) is 0. The second kappa shape index (κ2) is 2.54. The van der Waals surface area contributed by atoms with E-state index in [9.17, 15) is 0 Å². The van der Waals surface area contributed by atoms with Gasteiger partial charge in [-0.2, -0.15) is 0 Å². The average molecular weight is 238 g/mol. The Bertz CT molecular complexity index is 459. The van der Waals surface area contributed by atoms with Crippen molar-refractivity contribution in [3.05, 3.63) is 28.9 Å². The third-order valence-electron chi connectivity index (χ3n) is 2.32. The van der Waals surface area contributed by atoms with Crippen molar-refractivity contribution < 1.29 is 0 Å². The molecule has 4 heteroatoms. The van der Waals surface area contributed by atoms with Crippen LogP contribution >= 0.6 is 15.9 Å². The Labute approximate surface area is 83.9 Å². The van der Waals surface area contributed by atoms with Crippen LogP contribution in [0.4, 0.5) is 0 Å². The monoisotopic (exact) mass is 237 g/mol. The molecular formula is C9H8BrN3. The van der Waals surface area contributed by atoms with Crippen molar-refractivity contribution >= 4 is 21.6 Å². The van der Waals surface area contributed by atoms with E-state index in [1.807, 2.05) is 10.6 Å². The van der Waals surface area contributed by atoms with Crippen LogP contribution in [0.25, 0.3) is 5.65 Å². The zero-order valence-corrected chi connectivity index (χ0v) is 8.53. The van der Waals surface area contributed by atoms with Crippen molar-refractivity contribution in [3.8, 4) is 0 Å². The van der Waals surface area contributed by atoms with Gasteiger partial charge in [0.05, 0.1) is 11.9 Å². The SMILES string of the molecule is Brc1cn2cc(C3CC3)nc2cn1. The van der Waals surface area contributed by atoms with Crippen molar-refractivity contribution in [2.24, 2.45) is 0 Å². The smallest absolute Gasteiger partial charge is 0.155 e. The topological polar surface area (TPSA) is 30.2 Å². The molecular weight excluding hydrogens is 230 g/mol. The highest BCUT2D eigenvalue weighted by Gasteiger charge is 2.26. The first-order valence-corrected chi connectivity index (χ1v) is 5.12. The van der Waals surface area contributed by atoms with Crippen LogP contribution in [-0.2, 0) is 0 Å². The van der Waals surface area contributed by atoms with Gasteiger partial charge in [-0.3, -0.25) is 0 Å². The number of fused-ring (bicyclic) bond motifs is 1. The normalized spacial score (nSPS) is 16.7. The maximum atomic E-state index is 4.50. The Hall–Kier alpha value is -0.900. The maximum Gasteiger partial charge on any atom is 0.155 e. The summed E-state index contributed by atoms with van der Waals surface area (Å²) in [6.07, 6.45) is 8.40. The number of hydrogen-bond acceptors (Lipinski definition) is 2. The molecule has 13 heavy (non-hydrogen) atoms. The quantitative estimate of drug-likeness (QED) is 0.763. The molecule has 0 bridgehead atoms. The molecule has 0 saturated heterocycles. The third kappa shape index (κ3) is 1.25. The second-order valence-electron chi connectivity index (χ2n) is 3.42. The summed E-state index contributed by atoms with van der Waals surface area (Å²) in [6, 6.07) is 0. The molecule has 0 aromatic carbocycles. The fraction of sp³-hybridized carbons (Fsp3) is 0.333. The molecule has 0 amide bonds. The van der Waals surface area contributed by atoms with Crippen LogP contribution in [0, 0.1) is 0 Å². The highest BCUT2D eigenvalue weighted by molar-refractivity contribution is 9.10.